The summed E-state index contributed by atoms with van der Waals surface area (Å²) in [6.07, 6.45) is 3.19. The van der Waals surface area contributed by atoms with Gasteiger partial charge in [-0.1, -0.05) is 26.7 Å². The molecule has 0 bridgehead atoms. The van der Waals surface area contributed by atoms with Gasteiger partial charge in [0.15, 0.2) is 0 Å². The Labute approximate surface area is 121 Å². The summed E-state index contributed by atoms with van der Waals surface area (Å²) in [5, 5.41) is 13.3. The van der Waals surface area contributed by atoms with Gasteiger partial charge in [0.25, 0.3) is 5.91 Å². The van der Waals surface area contributed by atoms with E-state index in [2.05, 4.69) is 5.32 Å². The summed E-state index contributed by atoms with van der Waals surface area (Å²) in [7, 11) is 1.59. The van der Waals surface area contributed by atoms with Crippen LogP contribution >= 0.6 is 0 Å². The molecular formula is C16H25NO3. The summed E-state index contributed by atoms with van der Waals surface area (Å²) in [4.78, 5) is 12.0. The van der Waals surface area contributed by atoms with Crippen molar-refractivity contribution >= 4 is 5.91 Å². The van der Waals surface area contributed by atoms with Crippen LogP contribution in [0.5, 0.6) is 5.75 Å². The average molecular weight is 279 g/mol. The van der Waals surface area contributed by atoms with E-state index in [-0.39, 0.29) is 5.91 Å². The van der Waals surface area contributed by atoms with Crippen LogP contribution in [-0.2, 0) is 0 Å². The summed E-state index contributed by atoms with van der Waals surface area (Å²) in [5.41, 5.74) is -0.229. The van der Waals surface area contributed by atoms with Crippen LogP contribution in [0.25, 0.3) is 0 Å². The van der Waals surface area contributed by atoms with Crippen LogP contribution < -0.4 is 10.1 Å². The molecule has 0 saturated carbocycles. The van der Waals surface area contributed by atoms with Crippen LogP contribution in [-0.4, -0.2) is 30.3 Å². The molecule has 0 aromatic heterocycles. The van der Waals surface area contributed by atoms with E-state index in [0.717, 1.165) is 18.6 Å². The van der Waals surface area contributed by atoms with Gasteiger partial charge < -0.3 is 15.2 Å². The van der Waals surface area contributed by atoms with Crippen LogP contribution in [0.15, 0.2) is 24.3 Å². The Kier molecular flexibility index (Phi) is 6.52. The fourth-order valence-corrected chi connectivity index (χ4v) is 2.32. The fraction of sp³-hybridized carbons (Fsp3) is 0.562. The second-order valence-electron chi connectivity index (χ2n) is 5.14. The maximum Gasteiger partial charge on any atom is 0.251 e. The van der Waals surface area contributed by atoms with Crippen molar-refractivity contribution < 1.29 is 14.6 Å². The second-order valence-corrected chi connectivity index (χ2v) is 5.14. The molecule has 0 saturated heterocycles. The van der Waals surface area contributed by atoms with Crippen LogP contribution in [0.3, 0.4) is 0 Å². The van der Waals surface area contributed by atoms with Gasteiger partial charge in [0.05, 0.1) is 12.7 Å². The Morgan fingerprint density at radius 2 is 1.75 bits per heavy atom. The first-order valence-electron chi connectivity index (χ1n) is 7.19. The highest BCUT2D eigenvalue weighted by Crippen LogP contribution is 2.19. The minimum atomic E-state index is -0.800. The van der Waals surface area contributed by atoms with Gasteiger partial charge in [0.2, 0.25) is 0 Å². The lowest BCUT2D eigenvalue weighted by Gasteiger charge is -2.27. The Balaban J connectivity index is 2.60. The van der Waals surface area contributed by atoms with E-state index in [0.29, 0.717) is 24.9 Å². The number of hydrogen-bond acceptors (Lipinski definition) is 3. The van der Waals surface area contributed by atoms with E-state index in [1.54, 1.807) is 31.4 Å². The highest BCUT2D eigenvalue weighted by Gasteiger charge is 2.25. The lowest BCUT2D eigenvalue weighted by Crippen LogP contribution is -2.42. The molecule has 1 rings (SSSR count). The number of ether oxygens (including phenoxy) is 1. The largest absolute Gasteiger partial charge is 0.497 e. The van der Waals surface area contributed by atoms with Crippen molar-refractivity contribution in [1.29, 1.82) is 0 Å². The first kappa shape index (κ1) is 16.5. The normalized spacial score (nSPS) is 11.2. The standard InChI is InChI=1S/C16H25NO3/c1-4-10-16(19,11-5-2)12-17-15(18)13-6-8-14(20-3)9-7-13/h6-9,19H,4-5,10-12H2,1-3H3,(H,17,18). The molecule has 4 heteroatoms. The SMILES string of the molecule is CCCC(O)(CCC)CNC(=O)c1ccc(OC)cc1. The van der Waals surface area contributed by atoms with Gasteiger partial charge in [-0.3, -0.25) is 4.79 Å². The molecule has 2 N–H and O–H groups in total. The molecule has 1 aromatic rings. The summed E-state index contributed by atoms with van der Waals surface area (Å²) >= 11 is 0. The third-order valence-electron chi connectivity index (χ3n) is 3.36. The predicted octanol–water partition coefficient (Wildman–Crippen LogP) is 2.76. The Hall–Kier alpha value is -1.55. The molecule has 0 aliphatic heterocycles. The van der Waals surface area contributed by atoms with Gasteiger partial charge in [0.1, 0.15) is 5.75 Å². The van der Waals surface area contributed by atoms with Gasteiger partial charge in [0, 0.05) is 12.1 Å². The topological polar surface area (TPSA) is 58.6 Å². The Morgan fingerprint density at radius 3 is 2.20 bits per heavy atom. The Bertz CT molecular complexity index is 408. The van der Waals surface area contributed by atoms with E-state index in [1.165, 1.54) is 0 Å². The molecule has 20 heavy (non-hydrogen) atoms. The smallest absolute Gasteiger partial charge is 0.251 e. The number of methoxy groups -OCH3 is 1. The summed E-state index contributed by atoms with van der Waals surface area (Å²) in [6, 6.07) is 6.93. The highest BCUT2D eigenvalue weighted by atomic mass is 16.5. The van der Waals surface area contributed by atoms with E-state index in [4.69, 9.17) is 4.74 Å². The molecule has 0 spiro atoms. The number of aliphatic hydroxyl groups is 1. The minimum Gasteiger partial charge on any atom is -0.497 e. The quantitative estimate of drug-likeness (QED) is 0.769. The number of nitrogens with one attached hydrogen (secondary N) is 1. The van der Waals surface area contributed by atoms with Gasteiger partial charge >= 0.3 is 0 Å². The molecule has 0 heterocycles. The zero-order chi connectivity index (χ0) is 15.0. The molecule has 0 atom stereocenters. The van der Waals surface area contributed by atoms with E-state index in [1.807, 2.05) is 13.8 Å². The van der Waals surface area contributed by atoms with Crippen molar-refractivity contribution in [3.05, 3.63) is 29.8 Å². The summed E-state index contributed by atoms with van der Waals surface area (Å²) in [5.74, 6) is 0.549. The van der Waals surface area contributed by atoms with Gasteiger partial charge in [-0.15, -0.1) is 0 Å². The molecule has 4 nitrogen and oxygen atoms in total. The van der Waals surface area contributed by atoms with Gasteiger partial charge in [-0.05, 0) is 37.1 Å². The number of carbonyl (C=O) groups is 1. The van der Waals surface area contributed by atoms with Crippen LogP contribution in [0, 0.1) is 0 Å². The molecule has 0 radical (unpaired) electrons. The van der Waals surface area contributed by atoms with Crippen molar-refractivity contribution in [1.82, 2.24) is 5.32 Å². The molecule has 0 aliphatic rings. The molecule has 1 aromatic carbocycles. The number of rotatable bonds is 8. The first-order chi connectivity index (χ1) is 9.54. The minimum absolute atomic E-state index is 0.168. The van der Waals surface area contributed by atoms with Gasteiger partial charge in [-0.2, -0.15) is 0 Å². The van der Waals surface area contributed by atoms with Gasteiger partial charge in [-0.25, -0.2) is 0 Å². The lowest BCUT2D eigenvalue weighted by atomic mass is 9.92. The van der Waals surface area contributed by atoms with Crippen molar-refractivity contribution in [3.63, 3.8) is 0 Å². The number of amides is 1. The van der Waals surface area contributed by atoms with Crippen molar-refractivity contribution in [3.8, 4) is 5.75 Å². The van der Waals surface area contributed by atoms with Crippen LogP contribution in [0.1, 0.15) is 49.9 Å². The lowest BCUT2D eigenvalue weighted by molar-refractivity contribution is 0.0213. The first-order valence-corrected chi connectivity index (χ1v) is 7.19. The van der Waals surface area contributed by atoms with Crippen molar-refractivity contribution in [2.45, 2.75) is 45.1 Å². The average Bonchev–Trinajstić information content (AvgIpc) is 2.45. The maximum atomic E-state index is 12.0. The molecule has 1 amide bonds. The molecule has 112 valence electrons. The number of benzene rings is 1. The zero-order valence-corrected chi connectivity index (χ0v) is 12.6. The zero-order valence-electron chi connectivity index (χ0n) is 12.6. The maximum absolute atomic E-state index is 12.0. The molecule has 0 fully saturated rings. The number of carbonyl (C=O) groups excluding carboxylic acids is 1. The second kappa shape index (κ2) is 7.90. The van der Waals surface area contributed by atoms with Crippen molar-refractivity contribution in [2.24, 2.45) is 0 Å². The van der Waals surface area contributed by atoms with Crippen LogP contribution in [0.2, 0.25) is 0 Å². The summed E-state index contributed by atoms with van der Waals surface area (Å²) in [6.45, 7) is 4.36. The third kappa shape index (κ3) is 4.85. The predicted molar refractivity (Wildman–Crippen MR) is 80.1 cm³/mol. The fourth-order valence-electron chi connectivity index (χ4n) is 2.32. The van der Waals surface area contributed by atoms with Crippen LogP contribution in [0.4, 0.5) is 0 Å². The highest BCUT2D eigenvalue weighted by molar-refractivity contribution is 5.94. The third-order valence-corrected chi connectivity index (χ3v) is 3.36. The molecule has 0 aliphatic carbocycles. The number of hydrogen-bond donors (Lipinski definition) is 2. The monoisotopic (exact) mass is 279 g/mol. The van der Waals surface area contributed by atoms with E-state index >= 15 is 0 Å². The van der Waals surface area contributed by atoms with Crippen molar-refractivity contribution in [2.75, 3.05) is 13.7 Å². The van der Waals surface area contributed by atoms with E-state index in [9.17, 15) is 9.90 Å². The summed E-state index contributed by atoms with van der Waals surface area (Å²) < 4.78 is 5.06. The van der Waals surface area contributed by atoms with E-state index < -0.39 is 5.60 Å². The Morgan fingerprint density at radius 1 is 1.20 bits per heavy atom. The molecule has 0 unspecified atom stereocenters. The molecular weight excluding hydrogens is 254 g/mol.